The third-order valence-electron chi connectivity index (χ3n) is 4.71. The summed E-state index contributed by atoms with van der Waals surface area (Å²) in [6.45, 7) is 9.25. The molecule has 1 amide bonds. The van der Waals surface area contributed by atoms with E-state index in [4.69, 9.17) is 4.55 Å². The average Bonchev–Trinajstić information content (AvgIpc) is 2.69. The Kier molecular flexibility index (Phi) is 20.8. The smallest absolute Gasteiger partial charge is 0.286 e. The fourth-order valence-electron chi connectivity index (χ4n) is 2.76. The van der Waals surface area contributed by atoms with Crippen LogP contribution in [0.2, 0.25) is 0 Å². The number of Topliss-reactive ketones (excluding diaryl/α,β-unsaturated/α-hetero) is 1. The lowest BCUT2D eigenvalue weighted by atomic mass is 10.1. The van der Waals surface area contributed by atoms with E-state index in [1.807, 2.05) is 13.8 Å². The highest BCUT2D eigenvalue weighted by Crippen LogP contribution is 2.13. The number of rotatable bonds is 17. The van der Waals surface area contributed by atoms with Crippen molar-refractivity contribution in [2.75, 3.05) is 0 Å². The number of nitrogens with one attached hydrogen (secondary N) is 1. The van der Waals surface area contributed by atoms with E-state index in [9.17, 15) is 18.0 Å². The van der Waals surface area contributed by atoms with Crippen LogP contribution in [-0.4, -0.2) is 30.0 Å². The van der Waals surface area contributed by atoms with E-state index in [-0.39, 0.29) is 6.42 Å². The van der Waals surface area contributed by atoms with Gasteiger partial charge in [-0.25, -0.2) is 0 Å². The highest BCUT2D eigenvalue weighted by atomic mass is 32.2. The van der Waals surface area contributed by atoms with Gasteiger partial charge >= 0.3 is 0 Å². The number of hydrogen-bond donors (Lipinski definition) is 2. The van der Waals surface area contributed by atoms with Crippen molar-refractivity contribution in [2.24, 2.45) is 0 Å². The third kappa shape index (κ3) is 21.3. The van der Waals surface area contributed by atoms with Crippen LogP contribution in [0.5, 0.6) is 0 Å². The van der Waals surface area contributed by atoms with E-state index in [2.05, 4.69) is 18.8 Å². The molecule has 1 unspecified atom stereocenters. The van der Waals surface area contributed by atoms with Gasteiger partial charge in [0.1, 0.15) is 5.78 Å². The molecular formula is C22H43NO5S. The van der Waals surface area contributed by atoms with Gasteiger partial charge in [-0.2, -0.15) is 8.42 Å². The van der Waals surface area contributed by atoms with Crippen LogP contribution in [-0.2, 0) is 19.7 Å². The minimum absolute atomic E-state index is 0.232. The van der Waals surface area contributed by atoms with Gasteiger partial charge in [0, 0.05) is 12.8 Å². The molecule has 0 aliphatic heterocycles. The summed E-state index contributed by atoms with van der Waals surface area (Å²) in [5.74, 6) is -0.245. The Labute approximate surface area is 178 Å². The topological polar surface area (TPSA) is 101 Å². The summed E-state index contributed by atoms with van der Waals surface area (Å²) >= 11 is 0. The minimum atomic E-state index is -4.26. The number of ketones is 1. The summed E-state index contributed by atoms with van der Waals surface area (Å²) in [5, 5.41) is 1.02. The van der Waals surface area contributed by atoms with Gasteiger partial charge in [0.05, 0.1) is 0 Å². The first kappa shape index (κ1) is 30.0. The van der Waals surface area contributed by atoms with Crippen molar-refractivity contribution < 1.29 is 22.6 Å². The molecule has 0 saturated carbocycles. The van der Waals surface area contributed by atoms with Crippen molar-refractivity contribution in [1.29, 1.82) is 0 Å². The molecule has 0 aromatic heterocycles. The van der Waals surface area contributed by atoms with Crippen molar-refractivity contribution in [3.63, 3.8) is 0 Å². The van der Waals surface area contributed by atoms with Gasteiger partial charge in [-0.3, -0.25) is 14.1 Å². The zero-order valence-electron chi connectivity index (χ0n) is 18.7. The maximum absolute atomic E-state index is 11.2. The lowest BCUT2D eigenvalue weighted by Gasteiger charge is -2.14. The van der Waals surface area contributed by atoms with Gasteiger partial charge in [-0.1, -0.05) is 98.0 Å². The van der Waals surface area contributed by atoms with Crippen molar-refractivity contribution in [2.45, 2.75) is 116 Å². The highest BCUT2D eigenvalue weighted by Gasteiger charge is 2.23. The fourth-order valence-corrected chi connectivity index (χ4v) is 3.49. The van der Waals surface area contributed by atoms with Gasteiger partial charge < -0.3 is 5.32 Å². The molecule has 0 spiro atoms. The second-order valence-corrected chi connectivity index (χ2v) is 8.89. The maximum atomic E-state index is 11.2. The van der Waals surface area contributed by atoms with Crippen molar-refractivity contribution in [1.82, 2.24) is 5.32 Å². The van der Waals surface area contributed by atoms with Gasteiger partial charge in [-0.15, -0.1) is 0 Å². The zero-order valence-corrected chi connectivity index (χ0v) is 19.6. The SMILES string of the molecule is C=CC(=O)NC(CCCCCCCCCCCCC)S(=O)(=O)O.CCC(=O)CC. The largest absolute Gasteiger partial charge is 0.334 e. The van der Waals surface area contributed by atoms with E-state index >= 15 is 0 Å². The summed E-state index contributed by atoms with van der Waals surface area (Å²) in [7, 11) is -4.26. The van der Waals surface area contributed by atoms with Gasteiger partial charge in [0.2, 0.25) is 5.91 Å². The molecule has 2 N–H and O–H groups in total. The summed E-state index contributed by atoms with van der Waals surface area (Å²) in [6.07, 6.45) is 15.5. The molecule has 1 atom stereocenters. The summed E-state index contributed by atoms with van der Waals surface area (Å²) in [6, 6.07) is 0. The Morgan fingerprint density at radius 3 is 1.59 bits per heavy atom. The Morgan fingerprint density at radius 2 is 1.28 bits per heavy atom. The monoisotopic (exact) mass is 433 g/mol. The normalized spacial score (nSPS) is 11.9. The first-order chi connectivity index (χ1) is 13.7. The molecule has 6 nitrogen and oxygen atoms in total. The Morgan fingerprint density at radius 1 is 0.862 bits per heavy atom. The predicted molar refractivity (Wildman–Crippen MR) is 120 cm³/mol. The zero-order chi connectivity index (χ0) is 22.5. The molecule has 0 aliphatic carbocycles. The van der Waals surface area contributed by atoms with Crippen molar-refractivity contribution in [3.8, 4) is 0 Å². The number of amides is 1. The van der Waals surface area contributed by atoms with Crippen LogP contribution >= 0.6 is 0 Å². The molecule has 0 radical (unpaired) electrons. The van der Waals surface area contributed by atoms with E-state index in [1.54, 1.807) is 0 Å². The van der Waals surface area contributed by atoms with Crippen LogP contribution in [0.25, 0.3) is 0 Å². The number of carbonyl (C=O) groups is 2. The molecule has 29 heavy (non-hydrogen) atoms. The maximum Gasteiger partial charge on any atom is 0.286 e. The Bertz CT molecular complexity index is 525. The van der Waals surface area contributed by atoms with E-state index < -0.39 is 21.4 Å². The number of unbranched alkanes of at least 4 members (excludes halogenated alkanes) is 10. The second-order valence-electron chi connectivity index (χ2n) is 7.29. The van der Waals surface area contributed by atoms with Crippen LogP contribution in [0.15, 0.2) is 12.7 Å². The predicted octanol–water partition coefficient (Wildman–Crippen LogP) is 5.58. The van der Waals surface area contributed by atoms with Gasteiger partial charge in [-0.05, 0) is 12.5 Å². The molecule has 0 aliphatic rings. The molecule has 0 aromatic rings. The fraction of sp³-hybridized carbons (Fsp3) is 0.818. The third-order valence-corrected chi connectivity index (χ3v) is 5.78. The average molecular weight is 434 g/mol. The lowest BCUT2D eigenvalue weighted by molar-refractivity contribution is -0.118. The first-order valence-electron chi connectivity index (χ1n) is 11.1. The summed E-state index contributed by atoms with van der Waals surface area (Å²) < 4.78 is 31.5. The molecule has 7 heteroatoms. The molecule has 0 fully saturated rings. The summed E-state index contributed by atoms with van der Waals surface area (Å²) in [5.41, 5.74) is 0. The number of carbonyl (C=O) groups excluding carboxylic acids is 2. The molecule has 0 bridgehead atoms. The van der Waals surface area contributed by atoms with E-state index in [0.717, 1.165) is 25.3 Å². The Balaban J connectivity index is 0. The molecule has 0 heterocycles. The van der Waals surface area contributed by atoms with Crippen LogP contribution in [0, 0.1) is 0 Å². The van der Waals surface area contributed by atoms with Crippen LogP contribution in [0.1, 0.15) is 111 Å². The van der Waals surface area contributed by atoms with Crippen LogP contribution < -0.4 is 5.32 Å². The highest BCUT2D eigenvalue weighted by molar-refractivity contribution is 7.86. The standard InChI is InChI=1S/C17H33NO4S.C5H10O/c1-3-5-6-7-8-9-10-11-12-13-14-15-17(23(20,21)22)18-16(19)4-2;1-3-5(6)4-2/h4,17H,2-3,5-15H2,1H3,(H,18,19)(H,20,21,22);3-4H2,1-2H3. The molecule has 0 rings (SSSR count). The van der Waals surface area contributed by atoms with E-state index in [0.29, 0.717) is 25.0 Å². The minimum Gasteiger partial charge on any atom is -0.334 e. The molecule has 0 aromatic carbocycles. The van der Waals surface area contributed by atoms with Crippen LogP contribution in [0.3, 0.4) is 0 Å². The van der Waals surface area contributed by atoms with Crippen molar-refractivity contribution >= 4 is 21.8 Å². The quantitative estimate of drug-likeness (QED) is 0.177. The van der Waals surface area contributed by atoms with Gasteiger partial charge in [0.25, 0.3) is 10.1 Å². The second kappa shape index (κ2) is 20.1. The number of hydrogen-bond acceptors (Lipinski definition) is 4. The Hall–Kier alpha value is -1.21. The first-order valence-corrected chi connectivity index (χ1v) is 12.6. The van der Waals surface area contributed by atoms with Crippen LogP contribution in [0.4, 0.5) is 0 Å². The molecule has 172 valence electrons. The van der Waals surface area contributed by atoms with Crippen molar-refractivity contribution in [3.05, 3.63) is 12.7 Å². The molecule has 0 saturated heterocycles. The van der Waals surface area contributed by atoms with Gasteiger partial charge in [0.15, 0.2) is 5.37 Å². The summed E-state index contributed by atoms with van der Waals surface area (Å²) in [4.78, 5) is 21.3. The molecular weight excluding hydrogens is 390 g/mol. The lowest BCUT2D eigenvalue weighted by Crippen LogP contribution is -2.39. The van der Waals surface area contributed by atoms with E-state index in [1.165, 1.54) is 44.9 Å².